The molecule has 96 valence electrons. The van der Waals surface area contributed by atoms with Crippen LogP contribution < -0.4 is 10.5 Å². The van der Waals surface area contributed by atoms with Gasteiger partial charge in [-0.05, 0) is 44.5 Å². The van der Waals surface area contributed by atoms with Gasteiger partial charge in [-0.1, -0.05) is 6.07 Å². The molecule has 0 aliphatic rings. The molecule has 0 amide bonds. The number of benzene rings is 1. The van der Waals surface area contributed by atoms with E-state index in [4.69, 9.17) is 10.5 Å². The molecule has 0 bridgehead atoms. The molecule has 0 unspecified atom stereocenters. The summed E-state index contributed by atoms with van der Waals surface area (Å²) in [4.78, 5) is 4.29. The minimum absolute atomic E-state index is 0.328. The molecule has 2 aromatic rings. The minimum Gasteiger partial charge on any atom is -0.437 e. The van der Waals surface area contributed by atoms with Crippen LogP contribution in [0.2, 0.25) is 0 Å². The number of nitrogens with two attached hydrogens (primary N) is 1. The molecule has 2 rings (SSSR count). The summed E-state index contributed by atoms with van der Waals surface area (Å²) >= 11 is 0. The van der Waals surface area contributed by atoms with Gasteiger partial charge in [-0.3, -0.25) is 0 Å². The van der Waals surface area contributed by atoms with Gasteiger partial charge >= 0.3 is 0 Å². The fraction of sp³-hybridized carbons (Fsp3) is 0.200. The second kappa shape index (κ2) is 4.99. The summed E-state index contributed by atoms with van der Waals surface area (Å²) in [7, 11) is 0. The van der Waals surface area contributed by atoms with Crippen LogP contribution in [0.15, 0.2) is 24.3 Å². The van der Waals surface area contributed by atoms with E-state index in [0.717, 1.165) is 16.8 Å². The molecule has 0 fully saturated rings. The van der Waals surface area contributed by atoms with Crippen LogP contribution in [0.4, 0.5) is 5.69 Å². The van der Waals surface area contributed by atoms with E-state index in [0.29, 0.717) is 22.9 Å². The predicted octanol–water partition coefficient (Wildman–Crippen LogP) is 3.25. The Hall–Kier alpha value is -2.54. The maximum atomic E-state index is 9.20. The molecular formula is C15H15N3O. The molecule has 0 spiro atoms. The average molecular weight is 253 g/mol. The molecule has 0 aliphatic carbocycles. The van der Waals surface area contributed by atoms with E-state index >= 15 is 0 Å². The Morgan fingerprint density at radius 3 is 2.68 bits per heavy atom. The SMILES string of the molecule is Cc1cc(C)c(C#N)c(Oc2cccc(N)c2C)n1. The third-order valence-corrected chi connectivity index (χ3v) is 2.96. The molecule has 0 atom stereocenters. The molecule has 2 N–H and O–H groups in total. The third kappa shape index (κ3) is 2.50. The molecule has 0 saturated carbocycles. The third-order valence-electron chi connectivity index (χ3n) is 2.96. The second-order valence-corrected chi connectivity index (χ2v) is 4.44. The summed E-state index contributed by atoms with van der Waals surface area (Å²) in [6.07, 6.45) is 0. The van der Waals surface area contributed by atoms with Crippen molar-refractivity contribution in [1.82, 2.24) is 4.98 Å². The van der Waals surface area contributed by atoms with Gasteiger partial charge in [-0.25, -0.2) is 4.98 Å². The molecule has 4 heteroatoms. The Kier molecular flexibility index (Phi) is 3.39. The van der Waals surface area contributed by atoms with Crippen molar-refractivity contribution in [3.63, 3.8) is 0 Å². The number of pyridine rings is 1. The zero-order chi connectivity index (χ0) is 14.0. The van der Waals surface area contributed by atoms with Gasteiger partial charge in [-0.2, -0.15) is 5.26 Å². The van der Waals surface area contributed by atoms with E-state index in [2.05, 4.69) is 11.1 Å². The van der Waals surface area contributed by atoms with Crippen molar-refractivity contribution in [2.24, 2.45) is 0 Å². The molecule has 1 aromatic carbocycles. The lowest BCUT2D eigenvalue weighted by molar-refractivity contribution is 0.456. The van der Waals surface area contributed by atoms with Gasteiger partial charge < -0.3 is 10.5 Å². The van der Waals surface area contributed by atoms with Gasteiger partial charge in [0.15, 0.2) is 0 Å². The Morgan fingerprint density at radius 2 is 2.00 bits per heavy atom. The highest BCUT2D eigenvalue weighted by Crippen LogP contribution is 2.30. The quantitative estimate of drug-likeness (QED) is 0.834. The Balaban J connectivity index is 2.50. The molecule has 4 nitrogen and oxygen atoms in total. The van der Waals surface area contributed by atoms with Crippen molar-refractivity contribution >= 4 is 5.69 Å². The van der Waals surface area contributed by atoms with Crippen LogP contribution in [0.5, 0.6) is 11.6 Å². The second-order valence-electron chi connectivity index (χ2n) is 4.44. The van der Waals surface area contributed by atoms with Crippen LogP contribution in [0.1, 0.15) is 22.4 Å². The van der Waals surface area contributed by atoms with Crippen molar-refractivity contribution in [2.75, 3.05) is 5.73 Å². The first-order valence-electron chi connectivity index (χ1n) is 5.94. The first kappa shape index (κ1) is 12.9. The maximum absolute atomic E-state index is 9.20. The first-order valence-corrected chi connectivity index (χ1v) is 5.94. The van der Waals surface area contributed by atoms with Crippen LogP contribution >= 0.6 is 0 Å². The smallest absolute Gasteiger partial charge is 0.237 e. The highest BCUT2D eigenvalue weighted by atomic mass is 16.5. The van der Waals surface area contributed by atoms with E-state index in [-0.39, 0.29) is 0 Å². The van der Waals surface area contributed by atoms with Crippen LogP contribution in [0.25, 0.3) is 0 Å². The molecule has 1 heterocycles. The van der Waals surface area contributed by atoms with E-state index in [9.17, 15) is 5.26 Å². The van der Waals surface area contributed by atoms with E-state index in [1.807, 2.05) is 45.0 Å². The summed E-state index contributed by atoms with van der Waals surface area (Å²) in [6.45, 7) is 5.61. The van der Waals surface area contributed by atoms with Crippen LogP contribution in [0, 0.1) is 32.1 Å². The Morgan fingerprint density at radius 1 is 1.26 bits per heavy atom. The summed E-state index contributed by atoms with van der Waals surface area (Å²) in [5, 5.41) is 9.20. The van der Waals surface area contributed by atoms with Crippen molar-refractivity contribution in [3.8, 4) is 17.7 Å². The normalized spacial score (nSPS) is 10.0. The number of rotatable bonds is 2. The minimum atomic E-state index is 0.328. The molecule has 1 aromatic heterocycles. The van der Waals surface area contributed by atoms with E-state index in [1.165, 1.54) is 0 Å². The van der Waals surface area contributed by atoms with Gasteiger partial charge in [0.05, 0.1) is 0 Å². The number of nitrogen functional groups attached to an aromatic ring is 1. The maximum Gasteiger partial charge on any atom is 0.237 e. The largest absolute Gasteiger partial charge is 0.437 e. The molecule has 19 heavy (non-hydrogen) atoms. The van der Waals surface area contributed by atoms with Crippen molar-refractivity contribution in [3.05, 3.63) is 46.6 Å². The highest BCUT2D eigenvalue weighted by molar-refractivity contribution is 5.55. The van der Waals surface area contributed by atoms with E-state index < -0.39 is 0 Å². The summed E-state index contributed by atoms with van der Waals surface area (Å²) < 4.78 is 5.76. The number of aryl methyl sites for hydroxylation is 2. The number of nitrogens with zero attached hydrogens (tertiary/aromatic N) is 2. The van der Waals surface area contributed by atoms with Crippen molar-refractivity contribution < 1.29 is 4.74 Å². The lowest BCUT2D eigenvalue weighted by atomic mass is 10.1. The summed E-state index contributed by atoms with van der Waals surface area (Å²) in [5.41, 5.74) is 9.45. The van der Waals surface area contributed by atoms with Crippen molar-refractivity contribution in [2.45, 2.75) is 20.8 Å². The van der Waals surface area contributed by atoms with Crippen LogP contribution in [-0.2, 0) is 0 Å². The summed E-state index contributed by atoms with van der Waals surface area (Å²) in [6, 6.07) is 9.42. The zero-order valence-electron chi connectivity index (χ0n) is 11.2. The van der Waals surface area contributed by atoms with E-state index in [1.54, 1.807) is 0 Å². The lowest BCUT2D eigenvalue weighted by Crippen LogP contribution is -1.99. The number of aromatic nitrogens is 1. The van der Waals surface area contributed by atoms with Gasteiger partial charge in [0, 0.05) is 16.9 Å². The fourth-order valence-electron chi connectivity index (χ4n) is 1.86. The monoisotopic (exact) mass is 253 g/mol. The molecule has 0 aliphatic heterocycles. The predicted molar refractivity (Wildman–Crippen MR) is 74.1 cm³/mol. The zero-order valence-corrected chi connectivity index (χ0v) is 11.2. The molecular weight excluding hydrogens is 238 g/mol. The number of hydrogen-bond acceptors (Lipinski definition) is 4. The molecule has 0 saturated heterocycles. The van der Waals surface area contributed by atoms with Crippen LogP contribution in [0.3, 0.4) is 0 Å². The van der Waals surface area contributed by atoms with Crippen LogP contribution in [-0.4, -0.2) is 4.98 Å². The van der Waals surface area contributed by atoms with Gasteiger partial charge in [0.1, 0.15) is 17.4 Å². The topological polar surface area (TPSA) is 71.9 Å². The van der Waals surface area contributed by atoms with Crippen molar-refractivity contribution in [1.29, 1.82) is 5.26 Å². The first-order chi connectivity index (χ1) is 9.02. The van der Waals surface area contributed by atoms with Gasteiger partial charge in [-0.15, -0.1) is 0 Å². The number of hydrogen-bond donors (Lipinski definition) is 1. The highest BCUT2D eigenvalue weighted by Gasteiger charge is 2.12. The van der Waals surface area contributed by atoms with Gasteiger partial charge in [0.25, 0.3) is 0 Å². The standard InChI is InChI=1S/C15H15N3O/c1-9-7-10(2)18-15(12(9)8-16)19-14-6-4-5-13(17)11(14)3/h4-7H,17H2,1-3H3. The Bertz CT molecular complexity index is 672. The fourth-order valence-corrected chi connectivity index (χ4v) is 1.86. The Labute approximate surface area is 112 Å². The molecule has 0 radical (unpaired) electrons. The number of ether oxygens (including phenoxy) is 1. The average Bonchev–Trinajstić information content (AvgIpc) is 2.34. The number of nitriles is 1. The van der Waals surface area contributed by atoms with Gasteiger partial charge in [0.2, 0.25) is 5.88 Å². The summed E-state index contributed by atoms with van der Waals surface area (Å²) in [5.74, 6) is 0.947. The lowest BCUT2D eigenvalue weighted by Gasteiger charge is -2.12. The number of anilines is 1.